The number of nitrogens with one attached hydrogen (secondary N) is 3. The summed E-state index contributed by atoms with van der Waals surface area (Å²) in [6.07, 6.45) is 1.50. The highest BCUT2D eigenvalue weighted by molar-refractivity contribution is 6.04. The molecular formula is C21H20N4O3. The van der Waals surface area contributed by atoms with E-state index in [1.165, 1.54) is 13.1 Å². The molecule has 3 aromatic rings. The molecule has 0 aliphatic carbocycles. The molecular weight excluding hydrogens is 356 g/mol. The van der Waals surface area contributed by atoms with Crippen molar-refractivity contribution in [2.24, 2.45) is 0 Å². The first-order valence-corrected chi connectivity index (χ1v) is 8.59. The van der Waals surface area contributed by atoms with Gasteiger partial charge in [0.1, 0.15) is 11.6 Å². The minimum atomic E-state index is -0.257. The van der Waals surface area contributed by atoms with Gasteiger partial charge in [-0.3, -0.25) is 9.59 Å². The highest BCUT2D eigenvalue weighted by Gasteiger charge is 2.08. The molecule has 2 aromatic carbocycles. The lowest BCUT2D eigenvalue weighted by Gasteiger charge is -2.09. The molecule has 0 saturated heterocycles. The molecule has 0 atom stereocenters. The first-order valence-electron chi connectivity index (χ1n) is 8.59. The van der Waals surface area contributed by atoms with Gasteiger partial charge in [-0.15, -0.1) is 0 Å². The van der Waals surface area contributed by atoms with Crippen molar-refractivity contribution < 1.29 is 14.3 Å². The lowest BCUT2D eigenvalue weighted by atomic mass is 10.2. The zero-order chi connectivity index (χ0) is 19.9. The lowest BCUT2D eigenvalue weighted by Crippen LogP contribution is -2.12. The molecule has 1 heterocycles. The van der Waals surface area contributed by atoms with Crippen LogP contribution in [0.3, 0.4) is 0 Å². The zero-order valence-corrected chi connectivity index (χ0v) is 15.5. The predicted molar refractivity (Wildman–Crippen MR) is 109 cm³/mol. The van der Waals surface area contributed by atoms with Crippen LogP contribution in [0.2, 0.25) is 0 Å². The summed E-state index contributed by atoms with van der Waals surface area (Å²) in [5.74, 6) is 0.891. The van der Waals surface area contributed by atoms with E-state index in [4.69, 9.17) is 4.74 Å². The Morgan fingerprint density at radius 2 is 1.64 bits per heavy atom. The van der Waals surface area contributed by atoms with Crippen LogP contribution < -0.4 is 20.7 Å². The average Bonchev–Trinajstić information content (AvgIpc) is 2.70. The fraction of sp³-hybridized carbons (Fsp3) is 0.0952. The van der Waals surface area contributed by atoms with Crippen LogP contribution in [0.15, 0.2) is 66.9 Å². The maximum atomic E-state index is 12.4. The maximum absolute atomic E-state index is 12.4. The molecule has 7 nitrogen and oxygen atoms in total. The maximum Gasteiger partial charge on any atom is 0.257 e. The third kappa shape index (κ3) is 5.07. The molecule has 1 aromatic heterocycles. The Morgan fingerprint density at radius 3 is 2.29 bits per heavy atom. The summed E-state index contributed by atoms with van der Waals surface area (Å²) in [7, 11) is 1.57. The average molecular weight is 376 g/mol. The molecule has 2 amide bonds. The Morgan fingerprint density at radius 1 is 0.893 bits per heavy atom. The monoisotopic (exact) mass is 376 g/mol. The Hall–Kier alpha value is -3.87. The van der Waals surface area contributed by atoms with Crippen LogP contribution in [0.5, 0.6) is 5.75 Å². The van der Waals surface area contributed by atoms with Crippen molar-refractivity contribution in [3.63, 3.8) is 0 Å². The van der Waals surface area contributed by atoms with Crippen molar-refractivity contribution >= 4 is 34.7 Å². The van der Waals surface area contributed by atoms with Gasteiger partial charge < -0.3 is 20.7 Å². The summed E-state index contributed by atoms with van der Waals surface area (Å²) >= 11 is 0. The summed E-state index contributed by atoms with van der Waals surface area (Å²) in [5.41, 5.74) is 2.62. The number of carbonyl (C=O) groups is 2. The van der Waals surface area contributed by atoms with E-state index in [9.17, 15) is 9.59 Å². The zero-order valence-electron chi connectivity index (χ0n) is 15.5. The molecule has 0 fully saturated rings. The highest BCUT2D eigenvalue weighted by Crippen LogP contribution is 2.19. The number of ether oxygens (including phenoxy) is 1. The van der Waals surface area contributed by atoms with Gasteiger partial charge in [-0.1, -0.05) is 6.07 Å². The number of pyridine rings is 1. The van der Waals surface area contributed by atoms with E-state index in [1.807, 2.05) is 12.1 Å². The van der Waals surface area contributed by atoms with Crippen LogP contribution in [0, 0.1) is 0 Å². The predicted octanol–water partition coefficient (Wildman–Crippen LogP) is 4.04. The summed E-state index contributed by atoms with van der Waals surface area (Å²) in [5, 5.41) is 8.66. The van der Waals surface area contributed by atoms with E-state index in [2.05, 4.69) is 20.9 Å². The van der Waals surface area contributed by atoms with E-state index in [1.54, 1.807) is 55.6 Å². The van der Waals surface area contributed by atoms with Crippen LogP contribution in [-0.4, -0.2) is 23.9 Å². The van der Waals surface area contributed by atoms with Gasteiger partial charge >= 0.3 is 0 Å². The van der Waals surface area contributed by atoms with Gasteiger partial charge in [0.15, 0.2) is 0 Å². The fourth-order valence-corrected chi connectivity index (χ4v) is 2.49. The van der Waals surface area contributed by atoms with Crippen molar-refractivity contribution in [3.05, 3.63) is 72.4 Å². The van der Waals surface area contributed by atoms with Gasteiger partial charge in [0.2, 0.25) is 5.91 Å². The Bertz CT molecular complexity index is 970. The van der Waals surface area contributed by atoms with Crippen molar-refractivity contribution in [1.29, 1.82) is 0 Å². The summed E-state index contributed by atoms with van der Waals surface area (Å²) in [6.45, 7) is 1.46. The van der Waals surface area contributed by atoms with Crippen LogP contribution in [0.1, 0.15) is 17.3 Å². The second-order valence-electron chi connectivity index (χ2n) is 6.00. The van der Waals surface area contributed by atoms with Crippen molar-refractivity contribution in [1.82, 2.24) is 4.98 Å². The third-order valence-corrected chi connectivity index (χ3v) is 3.83. The first kappa shape index (κ1) is 18.9. The van der Waals surface area contributed by atoms with Crippen molar-refractivity contribution in [2.45, 2.75) is 6.92 Å². The lowest BCUT2D eigenvalue weighted by molar-refractivity contribution is -0.114. The van der Waals surface area contributed by atoms with Gasteiger partial charge in [-0.25, -0.2) is 4.98 Å². The Labute approximate surface area is 162 Å². The number of hydrogen-bond acceptors (Lipinski definition) is 5. The molecule has 28 heavy (non-hydrogen) atoms. The molecule has 7 heteroatoms. The molecule has 0 spiro atoms. The minimum Gasteiger partial charge on any atom is -0.497 e. The number of hydrogen-bond donors (Lipinski definition) is 3. The molecule has 0 bridgehead atoms. The van der Waals surface area contributed by atoms with Crippen LogP contribution in [0.4, 0.5) is 22.9 Å². The summed E-state index contributed by atoms with van der Waals surface area (Å²) < 4.78 is 5.15. The molecule has 3 rings (SSSR count). The molecule has 0 unspecified atom stereocenters. The SMILES string of the molecule is COc1cccc(NC(=O)c2ccc(Nc3ccc(NC(C)=O)cc3)nc2)c1. The second kappa shape index (κ2) is 8.68. The molecule has 0 aliphatic rings. The van der Waals surface area contributed by atoms with E-state index in [0.29, 0.717) is 22.8 Å². The standard InChI is InChI=1S/C21H20N4O3/c1-14(26)23-16-7-9-17(10-8-16)24-20-11-6-15(13-22-20)21(27)25-18-4-3-5-19(12-18)28-2/h3-13H,1-2H3,(H,22,24)(H,23,26)(H,25,27). The Balaban J connectivity index is 1.62. The molecule has 0 radical (unpaired) electrons. The minimum absolute atomic E-state index is 0.120. The largest absolute Gasteiger partial charge is 0.497 e. The topological polar surface area (TPSA) is 92.4 Å². The number of nitrogens with zero attached hydrogens (tertiary/aromatic N) is 1. The third-order valence-electron chi connectivity index (χ3n) is 3.83. The quantitative estimate of drug-likeness (QED) is 0.604. The normalized spacial score (nSPS) is 10.1. The molecule has 142 valence electrons. The van der Waals surface area contributed by atoms with Crippen molar-refractivity contribution in [3.8, 4) is 5.75 Å². The molecule has 0 aliphatic heterocycles. The van der Waals surface area contributed by atoms with Crippen LogP contribution in [0.25, 0.3) is 0 Å². The van der Waals surface area contributed by atoms with Gasteiger partial charge in [0, 0.05) is 36.2 Å². The van der Waals surface area contributed by atoms with Gasteiger partial charge in [0.05, 0.1) is 12.7 Å². The van der Waals surface area contributed by atoms with Crippen LogP contribution >= 0.6 is 0 Å². The van der Waals surface area contributed by atoms with E-state index < -0.39 is 0 Å². The Kier molecular flexibility index (Phi) is 5.86. The molecule has 0 saturated carbocycles. The number of rotatable bonds is 6. The van der Waals surface area contributed by atoms with E-state index >= 15 is 0 Å². The molecule has 3 N–H and O–H groups in total. The van der Waals surface area contributed by atoms with Gasteiger partial charge in [0.25, 0.3) is 5.91 Å². The van der Waals surface area contributed by atoms with Crippen molar-refractivity contribution in [2.75, 3.05) is 23.1 Å². The number of benzene rings is 2. The number of anilines is 4. The number of methoxy groups -OCH3 is 1. The second-order valence-corrected chi connectivity index (χ2v) is 6.00. The number of amides is 2. The summed E-state index contributed by atoms with van der Waals surface area (Å²) in [4.78, 5) is 27.7. The number of aromatic nitrogens is 1. The summed E-state index contributed by atoms with van der Waals surface area (Å²) in [6, 6.07) is 17.8. The van der Waals surface area contributed by atoms with E-state index in [-0.39, 0.29) is 11.8 Å². The fourth-order valence-electron chi connectivity index (χ4n) is 2.49. The van der Waals surface area contributed by atoms with Gasteiger partial charge in [-0.2, -0.15) is 0 Å². The van der Waals surface area contributed by atoms with E-state index in [0.717, 1.165) is 11.4 Å². The first-order chi connectivity index (χ1) is 13.5. The van der Waals surface area contributed by atoms with Crippen LogP contribution in [-0.2, 0) is 4.79 Å². The highest BCUT2D eigenvalue weighted by atomic mass is 16.5. The van der Waals surface area contributed by atoms with Gasteiger partial charge in [-0.05, 0) is 48.5 Å². The smallest absolute Gasteiger partial charge is 0.257 e. The number of carbonyl (C=O) groups excluding carboxylic acids is 2.